The lowest BCUT2D eigenvalue weighted by atomic mass is 9.90. The number of methoxy groups -OCH3 is 1. The second kappa shape index (κ2) is 3.18. The van der Waals surface area contributed by atoms with Crippen LogP contribution in [-0.2, 0) is 4.74 Å². The van der Waals surface area contributed by atoms with E-state index in [1.54, 1.807) is 7.11 Å². The molecule has 0 radical (unpaired) electrons. The van der Waals surface area contributed by atoms with Crippen LogP contribution in [0.5, 0.6) is 0 Å². The SMILES string of the molecule is CCC1(C)N=CC=CC1OC. The molecule has 0 aromatic heterocycles. The zero-order chi connectivity index (χ0) is 8.32. The highest BCUT2D eigenvalue weighted by molar-refractivity contribution is 5.73. The topological polar surface area (TPSA) is 21.6 Å². The van der Waals surface area contributed by atoms with Crippen LogP contribution in [0.15, 0.2) is 17.1 Å². The molecule has 1 aliphatic rings. The maximum Gasteiger partial charge on any atom is 0.100 e. The molecule has 1 heterocycles. The molecule has 11 heavy (non-hydrogen) atoms. The minimum absolute atomic E-state index is 0.0521. The summed E-state index contributed by atoms with van der Waals surface area (Å²) in [4.78, 5) is 4.40. The first-order valence-corrected chi connectivity index (χ1v) is 3.98. The third kappa shape index (κ3) is 1.51. The lowest BCUT2D eigenvalue weighted by Gasteiger charge is -2.31. The van der Waals surface area contributed by atoms with Crippen LogP contribution in [0.25, 0.3) is 0 Å². The fourth-order valence-electron chi connectivity index (χ4n) is 1.27. The van der Waals surface area contributed by atoms with E-state index in [1.165, 1.54) is 0 Å². The molecule has 0 N–H and O–H groups in total. The van der Waals surface area contributed by atoms with Gasteiger partial charge in [0.25, 0.3) is 0 Å². The van der Waals surface area contributed by atoms with Crippen LogP contribution in [0.1, 0.15) is 20.3 Å². The zero-order valence-corrected chi connectivity index (χ0v) is 7.37. The van der Waals surface area contributed by atoms with E-state index in [2.05, 4.69) is 24.9 Å². The van der Waals surface area contributed by atoms with Crippen molar-refractivity contribution in [3.05, 3.63) is 12.2 Å². The molecule has 0 amide bonds. The molecule has 2 atom stereocenters. The summed E-state index contributed by atoms with van der Waals surface area (Å²) in [5.74, 6) is 0. The highest BCUT2D eigenvalue weighted by Gasteiger charge is 2.30. The molecular formula is C9H15NO. The van der Waals surface area contributed by atoms with Gasteiger partial charge in [-0.25, -0.2) is 0 Å². The Kier molecular flexibility index (Phi) is 2.45. The summed E-state index contributed by atoms with van der Waals surface area (Å²) in [6.07, 6.45) is 6.98. The van der Waals surface area contributed by atoms with Crippen LogP contribution >= 0.6 is 0 Å². The fourth-order valence-corrected chi connectivity index (χ4v) is 1.27. The van der Waals surface area contributed by atoms with Gasteiger partial charge in [-0.3, -0.25) is 4.99 Å². The number of nitrogens with zero attached hydrogens (tertiary/aromatic N) is 1. The first-order valence-electron chi connectivity index (χ1n) is 3.98. The average Bonchev–Trinajstić information content (AvgIpc) is 2.05. The first-order chi connectivity index (χ1) is 5.23. The van der Waals surface area contributed by atoms with Crippen LogP contribution in [0.4, 0.5) is 0 Å². The second-order valence-electron chi connectivity index (χ2n) is 3.03. The number of hydrogen-bond acceptors (Lipinski definition) is 2. The second-order valence-corrected chi connectivity index (χ2v) is 3.03. The Hall–Kier alpha value is -0.630. The van der Waals surface area contributed by atoms with Gasteiger partial charge < -0.3 is 4.74 Å². The highest BCUT2D eigenvalue weighted by Crippen LogP contribution is 2.24. The molecule has 62 valence electrons. The van der Waals surface area contributed by atoms with Crippen molar-refractivity contribution in [2.45, 2.75) is 31.9 Å². The van der Waals surface area contributed by atoms with Crippen LogP contribution in [0, 0.1) is 0 Å². The number of allylic oxidation sites excluding steroid dienone is 1. The molecule has 1 aliphatic heterocycles. The maximum absolute atomic E-state index is 5.30. The van der Waals surface area contributed by atoms with Crippen molar-refractivity contribution in [3.8, 4) is 0 Å². The molecule has 1 rings (SSSR count). The number of dihydropyridines is 1. The Labute approximate surface area is 68.0 Å². The Morgan fingerprint density at radius 1 is 1.64 bits per heavy atom. The molecule has 0 fully saturated rings. The number of ether oxygens (including phenoxy) is 1. The van der Waals surface area contributed by atoms with Crippen molar-refractivity contribution in [3.63, 3.8) is 0 Å². The summed E-state index contributed by atoms with van der Waals surface area (Å²) in [6, 6.07) is 0. The molecule has 0 aromatic carbocycles. The third-order valence-electron chi connectivity index (χ3n) is 2.32. The van der Waals surface area contributed by atoms with Crippen molar-refractivity contribution in [2.75, 3.05) is 7.11 Å². The van der Waals surface area contributed by atoms with E-state index >= 15 is 0 Å². The molecule has 0 bridgehead atoms. The zero-order valence-electron chi connectivity index (χ0n) is 7.37. The van der Waals surface area contributed by atoms with Gasteiger partial charge in [0.15, 0.2) is 0 Å². The molecule has 0 saturated heterocycles. The summed E-state index contributed by atoms with van der Waals surface area (Å²) >= 11 is 0. The van der Waals surface area contributed by atoms with E-state index in [4.69, 9.17) is 4.74 Å². The smallest absolute Gasteiger partial charge is 0.100 e. The van der Waals surface area contributed by atoms with E-state index in [0.29, 0.717) is 0 Å². The van der Waals surface area contributed by atoms with Crippen LogP contribution in [-0.4, -0.2) is 25.0 Å². The van der Waals surface area contributed by atoms with Crippen molar-refractivity contribution in [2.24, 2.45) is 4.99 Å². The van der Waals surface area contributed by atoms with E-state index < -0.39 is 0 Å². The lowest BCUT2D eigenvalue weighted by molar-refractivity contribution is 0.0771. The van der Waals surface area contributed by atoms with Gasteiger partial charge in [-0.15, -0.1) is 0 Å². The molecule has 0 saturated carbocycles. The standard InChI is InChI=1S/C9H15NO/c1-4-9(2)8(11-3)6-5-7-10-9/h5-8H,4H2,1-3H3. The predicted molar refractivity (Wildman–Crippen MR) is 47.1 cm³/mol. The van der Waals surface area contributed by atoms with E-state index in [0.717, 1.165) is 6.42 Å². The van der Waals surface area contributed by atoms with E-state index in [1.807, 2.05) is 12.3 Å². The van der Waals surface area contributed by atoms with Crippen LogP contribution < -0.4 is 0 Å². The van der Waals surface area contributed by atoms with Gasteiger partial charge in [-0.2, -0.15) is 0 Å². The largest absolute Gasteiger partial charge is 0.375 e. The number of aliphatic imine (C=N–C) groups is 1. The summed E-state index contributed by atoms with van der Waals surface area (Å²) in [7, 11) is 1.73. The van der Waals surface area contributed by atoms with E-state index in [-0.39, 0.29) is 11.6 Å². The van der Waals surface area contributed by atoms with Gasteiger partial charge in [-0.05, 0) is 19.4 Å². The van der Waals surface area contributed by atoms with Gasteiger partial charge in [0, 0.05) is 13.3 Å². The third-order valence-corrected chi connectivity index (χ3v) is 2.32. The van der Waals surface area contributed by atoms with Gasteiger partial charge in [0.2, 0.25) is 0 Å². The summed E-state index contributed by atoms with van der Waals surface area (Å²) in [6.45, 7) is 4.24. The van der Waals surface area contributed by atoms with Crippen molar-refractivity contribution in [1.82, 2.24) is 0 Å². The molecular weight excluding hydrogens is 138 g/mol. The van der Waals surface area contributed by atoms with Gasteiger partial charge in [0.05, 0.1) is 5.54 Å². The van der Waals surface area contributed by atoms with Crippen LogP contribution in [0.2, 0.25) is 0 Å². The number of hydrogen-bond donors (Lipinski definition) is 0. The van der Waals surface area contributed by atoms with Crippen LogP contribution in [0.3, 0.4) is 0 Å². The Bertz CT molecular complexity index is 186. The average molecular weight is 153 g/mol. The normalized spacial score (nSPS) is 36.1. The molecule has 2 nitrogen and oxygen atoms in total. The highest BCUT2D eigenvalue weighted by atomic mass is 16.5. The first kappa shape index (κ1) is 8.47. The van der Waals surface area contributed by atoms with Crippen molar-refractivity contribution >= 4 is 6.21 Å². The quantitative estimate of drug-likeness (QED) is 0.593. The summed E-state index contributed by atoms with van der Waals surface area (Å²) in [5.41, 5.74) is -0.0521. The minimum atomic E-state index is -0.0521. The van der Waals surface area contributed by atoms with E-state index in [9.17, 15) is 0 Å². The van der Waals surface area contributed by atoms with Gasteiger partial charge in [-0.1, -0.05) is 13.0 Å². The predicted octanol–water partition coefficient (Wildman–Crippen LogP) is 1.81. The monoisotopic (exact) mass is 153 g/mol. The Morgan fingerprint density at radius 3 is 2.82 bits per heavy atom. The van der Waals surface area contributed by atoms with Crippen molar-refractivity contribution in [1.29, 1.82) is 0 Å². The molecule has 2 unspecified atom stereocenters. The Balaban J connectivity index is 2.77. The lowest BCUT2D eigenvalue weighted by Crippen LogP contribution is -2.38. The fraction of sp³-hybridized carbons (Fsp3) is 0.667. The molecule has 0 aliphatic carbocycles. The maximum atomic E-state index is 5.30. The van der Waals surface area contributed by atoms with Gasteiger partial charge in [0.1, 0.15) is 6.10 Å². The molecule has 0 spiro atoms. The minimum Gasteiger partial charge on any atom is -0.375 e. The Morgan fingerprint density at radius 2 is 2.36 bits per heavy atom. The van der Waals surface area contributed by atoms with Gasteiger partial charge >= 0.3 is 0 Å². The molecule has 2 heteroatoms. The summed E-state index contributed by atoms with van der Waals surface area (Å²) in [5, 5.41) is 0. The van der Waals surface area contributed by atoms with Crippen molar-refractivity contribution < 1.29 is 4.74 Å². The summed E-state index contributed by atoms with van der Waals surface area (Å²) < 4.78 is 5.30. The number of rotatable bonds is 2. The molecule has 0 aromatic rings.